The normalized spacial score (nSPS) is 25.7. The van der Waals surface area contributed by atoms with E-state index in [1.165, 1.54) is 5.56 Å². The summed E-state index contributed by atoms with van der Waals surface area (Å²) in [7, 11) is 0. The summed E-state index contributed by atoms with van der Waals surface area (Å²) in [5.74, 6) is 1.11. The Kier molecular flexibility index (Phi) is 7.13. The van der Waals surface area contributed by atoms with Gasteiger partial charge < -0.3 is 14.4 Å². The molecule has 1 aromatic heterocycles. The van der Waals surface area contributed by atoms with Crippen molar-refractivity contribution in [3.8, 4) is 5.75 Å². The molecule has 0 saturated carbocycles. The van der Waals surface area contributed by atoms with Gasteiger partial charge in [0.2, 0.25) is 11.8 Å². The Balaban J connectivity index is 0.957. The third kappa shape index (κ3) is 5.73. The van der Waals surface area contributed by atoms with Gasteiger partial charge in [-0.2, -0.15) is 0 Å². The number of piperidine rings is 1. The summed E-state index contributed by atoms with van der Waals surface area (Å²) in [5.41, 5.74) is 3.51. The summed E-state index contributed by atoms with van der Waals surface area (Å²) in [5, 5.41) is 3.40. The topological polar surface area (TPSA) is 114 Å². The van der Waals surface area contributed by atoms with Gasteiger partial charge >= 0.3 is 0 Å². The maximum Gasteiger partial charge on any atom is 0.255 e. The van der Waals surface area contributed by atoms with E-state index in [1.54, 1.807) is 11.0 Å². The Bertz CT molecular complexity index is 1610. The van der Waals surface area contributed by atoms with Crippen molar-refractivity contribution >= 4 is 28.6 Å². The average molecular weight is 584 g/mol. The van der Waals surface area contributed by atoms with Crippen molar-refractivity contribution in [1.82, 2.24) is 25.1 Å². The van der Waals surface area contributed by atoms with Crippen molar-refractivity contribution in [3.63, 3.8) is 0 Å². The molecule has 224 valence electrons. The Labute approximate surface area is 250 Å². The maximum absolute atomic E-state index is 13.0. The van der Waals surface area contributed by atoms with Crippen LogP contribution in [0, 0.1) is 0 Å². The van der Waals surface area contributed by atoms with E-state index in [-0.39, 0.29) is 29.9 Å². The first-order chi connectivity index (χ1) is 20.7. The largest absolute Gasteiger partial charge is 0.489 e. The number of aromatic nitrogens is 2. The van der Waals surface area contributed by atoms with Crippen molar-refractivity contribution in [1.29, 1.82) is 0 Å². The number of imide groups is 1. The average Bonchev–Trinajstić information content (AvgIpc) is 3.55. The third-order valence-corrected chi connectivity index (χ3v) is 9.16. The number of nitrogens with zero attached hydrogens (tertiary/aromatic N) is 4. The van der Waals surface area contributed by atoms with Crippen molar-refractivity contribution in [2.75, 3.05) is 19.7 Å². The highest BCUT2D eigenvalue weighted by Crippen LogP contribution is 2.35. The monoisotopic (exact) mass is 583 g/mol. The predicted octanol–water partition coefficient (Wildman–Crippen LogP) is 3.72. The molecule has 0 spiro atoms. The second-order valence-corrected chi connectivity index (χ2v) is 12.9. The van der Waals surface area contributed by atoms with Crippen LogP contribution in [0.4, 0.5) is 0 Å². The van der Waals surface area contributed by atoms with Gasteiger partial charge in [0, 0.05) is 62.3 Å². The van der Waals surface area contributed by atoms with Crippen LogP contribution in [0.5, 0.6) is 5.75 Å². The first kappa shape index (κ1) is 27.9. The number of rotatable bonds is 6. The van der Waals surface area contributed by atoms with E-state index in [4.69, 9.17) is 19.4 Å². The van der Waals surface area contributed by atoms with Gasteiger partial charge in [-0.05, 0) is 81.0 Å². The molecule has 3 amide bonds. The molecule has 0 aliphatic carbocycles. The quantitative estimate of drug-likeness (QED) is 0.437. The number of carbonyl (C=O) groups excluding carboxylic acids is 3. The SMILES string of the molecule is CC1(C)C[C@@H](c2ncc3cc(CN4CC[C@H](Oc5ccc6c(c5)CN(C5CCC(=O)NC5=O)C6=O)C4)ccc3n2)CCO1. The lowest BCUT2D eigenvalue weighted by Crippen LogP contribution is -2.52. The van der Waals surface area contributed by atoms with Gasteiger partial charge in [0.1, 0.15) is 23.7 Å². The zero-order valence-electron chi connectivity index (χ0n) is 24.7. The van der Waals surface area contributed by atoms with Crippen LogP contribution >= 0.6 is 0 Å². The van der Waals surface area contributed by atoms with Crippen molar-refractivity contribution in [2.45, 2.75) is 82.7 Å². The number of likely N-dealkylation sites (tertiary alicyclic amines) is 1. The maximum atomic E-state index is 13.0. The molecule has 4 aliphatic rings. The molecule has 43 heavy (non-hydrogen) atoms. The standard InChI is InChI=1S/C33H37N5O5/c1-33(2)15-21(10-12-42-33)30-34-16-22-13-20(3-6-27(22)35-30)17-37-11-9-25(19-37)43-24-4-5-26-23(14-24)18-38(32(26)41)28-7-8-29(39)36-31(28)40/h3-6,13-14,16,21,25,28H,7-12,15,17-19H2,1-2H3,(H,36,39,40)/t21-,25-,28?/m0/s1. The molecule has 4 aliphatic heterocycles. The van der Waals surface area contributed by atoms with E-state index in [2.05, 4.69) is 42.3 Å². The van der Waals surface area contributed by atoms with E-state index in [9.17, 15) is 14.4 Å². The number of amides is 3. The van der Waals surface area contributed by atoms with Crippen LogP contribution in [0.15, 0.2) is 42.6 Å². The number of benzene rings is 2. The fourth-order valence-corrected chi connectivity index (χ4v) is 6.96. The van der Waals surface area contributed by atoms with Crippen LogP contribution in [-0.2, 0) is 27.4 Å². The number of hydrogen-bond acceptors (Lipinski definition) is 8. The minimum Gasteiger partial charge on any atom is -0.489 e. The van der Waals surface area contributed by atoms with Gasteiger partial charge in [-0.1, -0.05) is 6.07 Å². The fourth-order valence-electron chi connectivity index (χ4n) is 6.96. The lowest BCUT2D eigenvalue weighted by atomic mass is 9.88. The number of fused-ring (bicyclic) bond motifs is 2. The third-order valence-electron chi connectivity index (χ3n) is 9.16. The molecule has 1 N–H and O–H groups in total. The Morgan fingerprint density at radius 1 is 1.09 bits per heavy atom. The van der Waals surface area contributed by atoms with E-state index in [0.717, 1.165) is 73.5 Å². The van der Waals surface area contributed by atoms with Crippen molar-refractivity contribution in [3.05, 3.63) is 65.1 Å². The lowest BCUT2D eigenvalue weighted by molar-refractivity contribution is -0.136. The highest BCUT2D eigenvalue weighted by Gasteiger charge is 2.39. The second kappa shape index (κ2) is 11.0. The van der Waals surface area contributed by atoms with Gasteiger partial charge in [-0.15, -0.1) is 0 Å². The molecule has 1 unspecified atom stereocenters. The van der Waals surface area contributed by atoms with Crippen molar-refractivity contribution < 1.29 is 23.9 Å². The van der Waals surface area contributed by atoms with Crippen LogP contribution in [0.3, 0.4) is 0 Å². The fraction of sp³-hybridized carbons (Fsp3) is 0.485. The lowest BCUT2D eigenvalue weighted by Gasteiger charge is -2.34. The van der Waals surface area contributed by atoms with Crippen LogP contribution in [0.1, 0.15) is 79.2 Å². The summed E-state index contributed by atoms with van der Waals surface area (Å²) >= 11 is 0. The molecule has 3 fully saturated rings. The molecule has 3 atom stereocenters. The first-order valence-electron chi connectivity index (χ1n) is 15.3. The number of carbonyl (C=O) groups is 3. The van der Waals surface area contributed by atoms with Crippen LogP contribution < -0.4 is 10.1 Å². The van der Waals surface area contributed by atoms with E-state index < -0.39 is 11.9 Å². The molecule has 3 saturated heterocycles. The van der Waals surface area contributed by atoms with Crippen LogP contribution in [-0.4, -0.2) is 74.9 Å². The Morgan fingerprint density at radius 2 is 1.98 bits per heavy atom. The highest BCUT2D eigenvalue weighted by molar-refractivity contribution is 6.05. The summed E-state index contributed by atoms with van der Waals surface area (Å²) in [4.78, 5) is 50.5. The van der Waals surface area contributed by atoms with Gasteiger partial charge in [0.25, 0.3) is 5.91 Å². The molecule has 3 aromatic rings. The zero-order valence-corrected chi connectivity index (χ0v) is 24.7. The molecule has 2 aromatic carbocycles. The number of hydrogen-bond donors (Lipinski definition) is 1. The minimum absolute atomic E-state index is 0.0523. The highest BCUT2D eigenvalue weighted by atomic mass is 16.5. The summed E-state index contributed by atoms with van der Waals surface area (Å²) in [6, 6.07) is 11.4. The molecular formula is C33H37N5O5. The van der Waals surface area contributed by atoms with E-state index in [1.807, 2.05) is 18.3 Å². The molecular weight excluding hydrogens is 546 g/mol. The zero-order chi connectivity index (χ0) is 29.7. The first-order valence-corrected chi connectivity index (χ1v) is 15.3. The molecule has 0 radical (unpaired) electrons. The van der Waals surface area contributed by atoms with E-state index in [0.29, 0.717) is 24.4 Å². The van der Waals surface area contributed by atoms with Gasteiger partial charge in [0.15, 0.2) is 0 Å². The summed E-state index contributed by atoms with van der Waals surface area (Å²) in [6.45, 7) is 7.92. The van der Waals surface area contributed by atoms with Crippen LogP contribution in [0.2, 0.25) is 0 Å². The molecule has 10 heteroatoms. The molecule has 5 heterocycles. The second-order valence-electron chi connectivity index (χ2n) is 12.9. The Morgan fingerprint density at radius 3 is 2.81 bits per heavy atom. The van der Waals surface area contributed by atoms with Crippen LogP contribution in [0.25, 0.3) is 10.9 Å². The van der Waals surface area contributed by atoms with Gasteiger partial charge in [-0.25, -0.2) is 9.97 Å². The Hall–Kier alpha value is -3.89. The van der Waals surface area contributed by atoms with E-state index >= 15 is 0 Å². The van der Waals surface area contributed by atoms with Crippen molar-refractivity contribution in [2.24, 2.45) is 0 Å². The van der Waals surface area contributed by atoms with Gasteiger partial charge in [-0.3, -0.25) is 24.6 Å². The number of nitrogens with one attached hydrogen (secondary N) is 1. The summed E-state index contributed by atoms with van der Waals surface area (Å²) in [6.07, 6.45) is 5.41. The number of ether oxygens (including phenoxy) is 2. The molecule has 10 nitrogen and oxygen atoms in total. The molecule has 0 bridgehead atoms. The minimum atomic E-state index is -0.617. The van der Waals surface area contributed by atoms with Gasteiger partial charge in [0.05, 0.1) is 11.1 Å². The smallest absolute Gasteiger partial charge is 0.255 e. The molecule has 7 rings (SSSR count). The summed E-state index contributed by atoms with van der Waals surface area (Å²) < 4.78 is 12.2. The predicted molar refractivity (Wildman–Crippen MR) is 158 cm³/mol.